The van der Waals surface area contributed by atoms with Crippen molar-refractivity contribution in [2.24, 2.45) is 5.92 Å². The number of anilines is 2. The van der Waals surface area contributed by atoms with E-state index in [1.807, 2.05) is 43.7 Å². The fourth-order valence-electron chi connectivity index (χ4n) is 4.15. The largest absolute Gasteiger partial charge is 0.343 e. The average molecular weight is 471 g/mol. The van der Waals surface area contributed by atoms with E-state index < -0.39 is 12.1 Å². The summed E-state index contributed by atoms with van der Waals surface area (Å²) in [7, 11) is 3.58. The predicted molar refractivity (Wildman–Crippen MR) is 130 cm³/mol. The molecule has 0 aliphatic carbocycles. The van der Waals surface area contributed by atoms with Crippen LogP contribution in [0.3, 0.4) is 0 Å². The predicted octanol–water partition coefficient (Wildman–Crippen LogP) is 3.10. The van der Waals surface area contributed by atoms with Gasteiger partial charge in [-0.25, -0.2) is 14.4 Å². The first-order valence-electron chi connectivity index (χ1n) is 11.7. The minimum atomic E-state index is -0.617. The Morgan fingerprint density at radius 1 is 1.18 bits per heavy atom. The maximum atomic E-state index is 13.6. The first kappa shape index (κ1) is 25.6. The summed E-state index contributed by atoms with van der Waals surface area (Å²) in [4.78, 5) is 39.0. The van der Waals surface area contributed by atoms with Gasteiger partial charge in [-0.3, -0.25) is 9.59 Å². The molecule has 1 saturated heterocycles. The van der Waals surface area contributed by atoms with Crippen LogP contribution < -0.4 is 15.5 Å². The third-order valence-corrected chi connectivity index (χ3v) is 6.34. The molecule has 0 saturated carbocycles. The van der Waals surface area contributed by atoms with Crippen molar-refractivity contribution in [3.05, 3.63) is 47.7 Å². The summed E-state index contributed by atoms with van der Waals surface area (Å²) in [6, 6.07) is 6.89. The summed E-state index contributed by atoms with van der Waals surface area (Å²) in [5, 5.41) is 5.83. The SMILES string of the molecule is CNC(C)C(=O)NC(C(=O)N1CCC[C@H]1c1cc(N(C)c2ccc(F)cc2)nc(C)n1)C(C)C. The fraction of sp³-hybridized carbons (Fsp3) is 0.520. The molecule has 2 amide bonds. The van der Waals surface area contributed by atoms with Crippen molar-refractivity contribution in [2.45, 2.75) is 58.7 Å². The molecule has 1 aromatic carbocycles. The Kier molecular flexibility index (Phi) is 8.19. The van der Waals surface area contributed by atoms with Crippen LogP contribution in [-0.4, -0.2) is 59.4 Å². The highest BCUT2D eigenvalue weighted by Gasteiger charge is 2.37. The number of nitrogens with one attached hydrogen (secondary N) is 2. The van der Waals surface area contributed by atoms with Crippen LogP contribution in [0.1, 0.15) is 51.2 Å². The van der Waals surface area contributed by atoms with Gasteiger partial charge < -0.3 is 20.4 Å². The number of aromatic nitrogens is 2. The number of aryl methyl sites for hydroxylation is 1. The molecule has 9 heteroatoms. The molecule has 2 unspecified atom stereocenters. The van der Waals surface area contributed by atoms with Gasteiger partial charge in [-0.2, -0.15) is 0 Å². The van der Waals surface area contributed by atoms with Crippen molar-refractivity contribution < 1.29 is 14.0 Å². The van der Waals surface area contributed by atoms with Gasteiger partial charge in [0, 0.05) is 25.3 Å². The molecule has 1 fully saturated rings. The first-order chi connectivity index (χ1) is 16.1. The number of halogens is 1. The molecule has 3 atom stereocenters. The van der Waals surface area contributed by atoms with Gasteiger partial charge in [0.05, 0.1) is 17.8 Å². The van der Waals surface area contributed by atoms with E-state index in [0.29, 0.717) is 18.2 Å². The zero-order valence-corrected chi connectivity index (χ0v) is 20.8. The second-order valence-electron chi connectivity index (χ2n) is 9.16. The Balaban J connectivity index is 1.86. The standard InChI is InChI=1S/C25H35FN6O2/c1-15(2)23(30-24(33)16(3)27-5)25(34)32-13-7-8-21(32)20-14-22(29-17(4)28-20)31(6)19-11-9-18(26)10-12-19/h9-12,14-16,21,23,27H,7-8,13H2,1-6H3,(H,30,33)/t16?,21-,23?/m0/s1. The number of rotatable bonds is 8. The number of hydrogen-bond donors (Lipinski definition) is 2. The molecule has 184 valence electrons. The number of hydrogen-bond acceptors (Lipinski definition) is 6. The number of likely N-dealkylation sites (tertiary alicyclic amines) is 1. The number of carbonyl (C=O) groups excluding carboxylic acids is 2. The molecule has 0 spiro atoms. The van der Waals surface area contributed by atoms with Crippen molar-refractivity contribution in [3.63, 3.8) is 0 Å². The van der Waals surface area contributed by atoms with Crippen LogP contribution in [-0.2, 0) is 9.59 Å². The van der Waals surface area contributed by atoms with Gasteiger partial charge in [0.25, 0.3) is 0 Å². The molecule has 2 heterocycles. The van der Waals surface area contributed by atoms with Crippen LogP contribution >= 0.6 is 0 Å². The van der Waals surface area contributed by atoms with Gasteiger partial charge in [-0.05, 0) is 63.9 Å². The van der Waals surface area contributed by atoms with E-state index in [4.69, 9.17) is 0 Å². The van der Waals surface area contributed by atoms with E-state index in [1.54, 1.807) is 26.1 Å². The number of nitrogens with zero attached hydrogens (tertiary/aromatic N) is 4. The third-order valence-electron chi connectivity index (χ3n) is 6.34. The maximum absolute atomic E-state index is 13.6. The lowest BCUT2D eigenvalue weighted by atomic mass is 10.0. The van der Waals surface area contributed by atoms with Crippen LogP contribution in [0.4, 0.5) is 15.9 Å². The van der Waals surface area contributed by atoms with Gasteiger partial charge in [0.2, 0.25) is 11.8 Å². The highest BCUT2D eigenvalue weighted by Crippen LogP contribution is 2.34. The van der Waals surface area contributed by atoms with E-state index in [-0.39, 0.29) is 29.6 Å². The molecule has 0 radical (unpaired) electrons. The Morgan fingerprint density at radius 2 is 1.85 bits per heavy atom. The van der Waals surface area contributed by atoms with Crippen LogP contribution in [0.15, 0.2) is 30.3 Å². The van der Waals surface area contributed by atoms with E-state index >= 15 is 0 Å². The van der Waals surface area contributed by atoms with Crippen molar-refractivity contribution in [2.75, 3.05) is 25.5 Å². The lowest BCUT2D eigenvalue weighted by molar-refractivity contribution is -0.139. The number of benzene rings is 1. The lowest BCUT2D eigenvalue weighted by Gasteiger charge is -2.32. The number of amides is 2. The summed E-state index contributed by atoms with van der Waals surface area (Å²) in [6.07, 6.45) is 1.64. The van der Waals surface area contributed by atoms with Crippen molar-refractivity contribution in [1.82, 2.24) is 25.5 Å². The van der Waals surface area contributed by atoms with Gasteiger partial charge in [-0.1, -0.05) is 13.8 Å². The smallest absolute Gasteiger partial charge is 0.245 e. The summed E-state index contributed by atoms with van der Waals surface area (Å²) in [5.41, 5.74) is 1.56. The van der Waals surface area contributed by atoms with Crippen LogP contribution in [0.25, 0.3) is 0 Å². The Labute approximate surface area is 201 Å². The molecular formula is C25H35FN6O2. The van der Waals surface area contributed by atoms with E-state index in [0.717, 1.165) is 24.2 Å². The highest BCUT2D eigenvalue weighted by atomic mass is 19.1. The molecule has 34 heavy (non-hydrogen) atoms. The summed E-state index contributed by atoms with van der Waals surface area (Å²) >= 11 is 0. The third kappa shape index (κ3) is 5.70. The monoisotopic (exact) mass is 470 g/mol. The molecule has 3 rings (SSSR count). The molecular weight excluding hydrogens is 435 g/mol. The zero-order valence-electron chi connectivity index (χ0n) is 20.8. The van der Waals surface area contributed by atoms with Gasteiger partial charge in [0.1, 0.15) is 23.5 Å². The maximum Gasteiger partial charge on any atom is 0.245 e. The second kappa shape index (κ2) is 10.9. The van der Waals surface area contributed by atoms with Gasteiger partial charge >= 0.3 is 0 Å². The Bertz CT molecular complexity index is 1010. The molecule has 0 bridgehead atoms. The minimum absolute atomic E-state index is 0.0611. The topological polar surface area (TPSA) is 90.5 Å². The van der Waals surface area contributed by atoms with Gasteiger partial charge in [0.15, 0.2) is 0 Å². The van der Waals surface area contributed by atoms with Crippen molar-refractivity contribution in [3.8, 4) is 0 Å². The van der Waals surface area contributed by atoms with E-state index in [1.165, 1.54) is 12.1 Å². The minimum Gasteiger partial charge on any atom is -0.343 e. The van der Waals surface area contributed by atoms with E-state index in [2.05, 4.69) is 20.6 Å². The average Bonchev–Trinajstić information content (AvgIpc) is 3.31. The molecule has 1 aliphatic heterocycles. The molecule has 1 aromatic heterocycles. The summed E-state index contributed by atoms with van der Waals surface area (Å²) in [5.74, 6) is 0.606. The van der Waals surface area contributed by atoms with Crippen LogP contribution in [0.5, 0.6) is 0 Å². The number of carbonyl (C=O) groups is 2. The quantitative estimate of drug-likeness (QED) is 0.616. The Morgan fingerprint density at radius 3 is 2.47 bits per heavy atom. The fourth-order valence-corrected chi connectivity index (χ4v) is 4.15. The van der Waals surface area contributed by atoms with E-state index in [9.17, 15) is 14.0 Å². The summed E-state index contributed by atoms with van der Waals surface area (Å²) in [6.45, 7) is 8.06. The normalized spacial score (nSPS) is 17.5. The molecule has 2 N–H and O–H groups in total. The van der Waals surface area contributed by atoms with Crippen molar-refractivity contribution in [1.29, 1.82) is 0 Å². The highest BCUT2D eigenvalue weighted by molar-refractivity contribution is 5.90. The molecule has 1 aliphatic rings. The van der Waals surface area contributed by atoms with Crippen molar-refractivity contribution >= 4 is 23.3 Å². The Hall–Kier alpha value is -3.07. The summed E-state index contributed by atoms with van der Waals surface area (Å²) < 4.78 is 13.4. The molecule has 2 aromatic rings. The molecule has 8 nitrogen and oxygen atoms in total. The zero-order chi connectivity index (χ0) is 25.0. The second-order valence-corrected chi connectivity index (χ2v) is 9.16. The lowest BCUT2D eigenvalue weighted by Crippen LogP contribution is -2.54. The number of likely N-dealkylation sites (N-methyl/N-ethyl adjacent to an activating group) is 1. The van der Waals surface area contributed by atoms with Gasteiger partial charge in [-0.15, -0.1) is 0 Å². The first-order valence-corrected chi connectivity index (χ1v) is 11.7. The van der Waals surface area contributed by atoms with Crippen LogP contribution in [0, 0.1) is 18.7 Å². The van der Waals surface area contributed by atoms with Crippen LogP contribution in [0.2, 0.25) is 0 Å².